The molecule has 0 bridgehead atoms. The van der Waals surface area contributed by atoms with E-state index in [0.717, 1.165) is 72.4 Å². The normalized spacial score (nSPS) is 15.0. The van der Waals surface area contributed by atoms with Gasteiger partial charge in [0, 0.05) is 11.8 Å². The average Bonchev–Trinajstić information content (AvgIpc) is 3.04. The molecule has 3 rings (SSSR count). The number of carbonyl (C=O) groups excluding carboxylic acids is 2. The maximum Gasteiger partial charge on any atom is 0.303 e. The first-order valence-electron chi connectivity index (χ1n) is 10.2. The van der Waals surface area contributed by atoms with Gasteiger partial charge in [0.25, 0.3) is 11.1 Å². The van der Waals surface area contributed by atoms with Crippen LogP contribution in [0.3, 0.4) is 0 Å². The summed E-state index contributed by atoms with van der Waals surface area (Å²) < 4.78 is 6.00. The summed E-state index contributed by atoms with van der Waals surface area (Å²) in [6.45, 7) is 0.617. The van der Waals surface area contributed by atoms with E-state index in [9.17, 15) is 14.4 Å². The van der Waals surface area contributed by atoms with Gasteiger partial charge in [0.2, 0.25) is 0 Å². The van der Waals surface area contributed by atoms with Gasteiger partial charge < -0.3 is 9.84 Å². The zero-order valence-electron chi connectivity index (χ0n) is 16.7. The summed E-state index contributed by atoms with van der Waals surface area (Å²) in [4.78, 5) is 34.1. The average molecular weight is 428 g/mol. The van der Waals surface area contributed by atoms with Crippen LogP contribution in [0.4, 0.5) is 4.79 Å². The standard InChI is InChI=1S/C23H25NO5S/c25-21(26)11-5-3-1-2-4-8-14-29-19-13-12-16(17-9-6-7-10-18(17)19)15-20-22(27)24-23(28)30-20/h6-7,9-10,12-13,15H,1-5,8,11,14H2,(H,25,26)(H,24,27,28). The molecular weight excluding hydrogens is 402 g/mol. The van der Waals surface area contributed by atoms with Gasteiger partial charge in [-0.3, -0.25) is 19.7 Å². The number of unbranched alkanes of at least 4 members (excludes halogenated alkanes) is 5. The number of carboxylic acids is 1. The SMILES string of the molecule is O=C(O)CCCCCCCCOc1ccc(C=C2SC(=O)NC2=O)c2ccccc12. The lowest BCUT2D eigenvalue weighted by atomic mass is 10.0. The Balaban J connectivity index is 1.55. The predicted molar refractivity (Wildman–Crippen MR) is 119 cm³/mol. The maximum atomic E-state index is 11.8. The molecule has 6 nitrogen and oxygen atoms in total. The molecule has 30 heavy (non-hydrogen) atoms. The lowest BCUT2D eigenvalue weighted by Gasteiger charge is -2.11. The third kappa shape index (κ3) is 6.10. The highest BCUT2D eigenvalue weighted by Crippen LogP contribution is 2.32. The van der Waals surface area contributed by atoms with Crippen molar-refractivity contribution in [3.05, 3.63) is 46.9 Å². The molecule has 2 aromatic carbocycles. The number of thioether (sulfide) groups is 1. The van der Waals surface area contributed by atoms with Gasteiger partial charge in [0.05, 0.1) is 11.5 Å². The first-order valence-corrected chi connectivity index (χ1v) is 11.0. The van der Waals surface area contributed by atoms with Crippen molar-refractivity contribution in [2.75, 3.05) is 6.61 Å². The lowest BCUT2D eigenvalue weighted by molar-refractivity contribution is -0.137. The first-order chi connectivity index (χ1) is 14.5. The van der Waals surface area contributed by atoms with Crippen LogP contribution in [0, 0.1) is 0 Å². The summed E-state index contributed by atoms with van der Waals surface area (Å²) in [5.74, 6) is -0.289. The second kappa shape index (κ2) is 10.8. The Bertz CT molecular complexity index is 969. The van der Waals surface area contributed by atoms with Crippen LogP contribution in [0.1, 0.15) is 50.5 Å². The second-order valence-electron chi connectivity index (χ2n) is 7.16. The van der Waals surface area contributed by atoms with Crippen LogP contribution in [0.15, 0.2) is 41.3 Å². The molecule has 158 valence electrons. The number of amides is 2. The van der Waals surface area contributed by atoms with E-state index in [4.69, 9.17) is 9.84 Å². The van der Waals surface area contributed by atoms with Crippen LogP contribution in [-0.2, 0) is 9.59 Å². The van der Waals surface area contributed by atoms with Gasteiger partial charge in [-0.25, -0.2) is 0 Å². The van der Waals surface area contributed by atoms with Crippen molar-refractivity contribution in [2.24, 2.45) is 0 Å². The van der Waals surface area contributed by atoms with Gasteiger partial charge in [0.15, 0.2) is 0 Å². The molecule has 0 unspecified atom stereocenters. The number of benzene rings is 2. The highest BCUT2D eigenvalue weighted by atomic mass is 32.2. The van der Waals surface area contributed by atoms with E-state index in [2.05, 4.69) is 5.32 Å². The van der Waals surface area contributed by atoms with Crippen LogP contribution >= 0.6 is 11.8 Å². The molecule has 1 saturated heterocycles. The number of fused-ring (bicyclic) bond motifs is 1. The number of hydrogen-bond acceptors (Lipinski definition) is 5. The van der Waals surface area contributed by atoms with E-state index < -0.39 is 5.97 Å². The highest BCUT2D eigenvalue weighted by Gasteiger charge is 2.25. The Morgan fingerprint density at radius 1 is 0.967 bits per heavy atom. The summed E-state index contributed by atoms with van der Waals surface area (Å²) in [5.41, 5.74) is 0.867. The molecule has 7 heteroatoms. The fraction of sp³-hybridized carbons (Fsp3) is 0.348. The van der Waals surface area contributed by atoms with E-state index >= 15 is 0 Å². The van der Waals surface area contributed by atoms with Gasteiger partial charge in [-0.05, 0) is 47.7 Å². The van der Waals surface area contributed by atoms with Crippen LogP contribution in [0.25, 0.3) is 16.8 Å². The fourth-order valence-electron chi connectivity index (χ4n) is 3.38. The van der Waals surface area contributed by atoms with Crippen molar-refractivity contribution >= 4 is 45.7 Å². The van der Waals surface area contributed by atoms with Crippen molar-refractivity contribution in [3.8, 4) is 5.75 Å². The molecular formula is C23H25NO5S. The number of nitrogens with one attached hydrogen (secondary N) is 1. The fourth-order valence-corrected chi connectivity index (χ4v) is 4.05. The minimum Gasteiger partial charge on any atom is -0.493 e. The number of hydrogen-bond donors (Lipinski definition) is 2. The lowest BCUT2D eigenvalue weighted by Crippen LogP contribution is -2.17. The summed E-state index contributed by atoms with van der Waals surface area (Å²) in [6, 6.07) is 11.7. The number of aliphatic carboxylic acids is 1. The molecule has 0 atom stereocenters. The quantitative estimate of drug-likeness (QED) is 0.371. The first kappa shape index (κ1) is 21.9. The number of carboxylic acid groups (broad SMARTS) is 1. The van der Waals surface area contributed by atoms with E-state index in [1.807, 2.05) is 36.4 Å². The Kier molecular flexibility index (Phi) is 7.90. The van der Waals surface area contributed by atoms with Gasteiger partial charge in [-0.1, -0.05) is 56.0 Å². The van der Waals surface area contributed by atoms with Crippen molar-refractivity contribution in [2.45, 2.75) is 44.9 Å². The van der Waals surface area contributed by atoms with Crippen LogP contribution in [0.5, 0.6) is 5.75 Å². The van der Waals surface area contributed by atoms with Crippen LogP contribution in [-0.4, -0.2) is 28.8 Å². The molecule has 2 N–H and O–H groups in total. The predicted octanol–water partition coefficient (Wildman–Crippen LogP) is 5.36. The monoisotopic (exact) mass is 427 g/mol. The molecule has 0 aromatic heterocycles. The van der Waals surface area contributed by atoms with E-state index in [-0.39, 0.29) is 17.6 Å². The molecule has 0 aliphatic carbocycles. The molecule has 1 fully saturated rings. The van der Waals surface area contributed by atoms with Gasteiger partial charge in [0.1, 0.15) is 5.75 Å². The van der Waals surface area contributed by atoms with Crippen LogP contribution < -0.4 is 10.1 Å². The number of ether oxygens (including phenoxy) is 1. The largest absolute Gasteiger partial charge is 0.493 e. The summed E-state index contributed by atoms with van der Waals surface area (Å²) in [6.07, 6.45) is 7.81. The van der Waals surface area contributed by atoms with E-state index in [1.54, 1.807) is 6.08 Å². The minimum atomic E-state index is -0.725. The number of carbonyl (C=O) groups is 3. The van der Waals surface area contributed by atoms with Crippen LogP contribution in [0.2, 0.25) is 0 Å². The molecule has 1 heterocycles. The van der Waals surface area contributed by atoms with Crippen molar-refractivity contribution in [1.29, 1.82) is 0 Å². The molecule has 2 amide bonds. The van der Waals surface area contributed by atoms with Gasteiger partial charge in [-0.15, -0.1) is 0 Å². The molecule has 1 aliphatic rings. The molecule has 0 radical (unpaired) electrons. The maximum absolute atomic E-state index is 11.8. The minimum absolute atomic E-state index is 0.253. The Morgan fingerprint density at radius 3 is 2.37 bits per heavy atom. The zero-order valence-corrected chi connectivity index (χ0v) is 17.5. The van der Waals surface area contributed by atoms with Crippen molar-refractivity contribution < 1.29 is 24.2 Å². The molecule has 0 spiro atoms. The Hall–Kier alpha value is -2.80. The topological polar surface area (TPSA) is 92.7 Å². The molecule has 0 saturated carbocycles. The third-order valence-corrected chi connectivity index (χ3v) is 5.70. The summed E-state index contributed by atoms with van der Waals surface area (Å²) >= 11 is 0.910. The third-order valence-electron chi connectivity index (χ3n) is 4.89. The Labute approximate surface area is 179 Å². The van der Waals surface area contributed by atoms with E-state index in [1.165, 1.54) is 0 Å². The van der Waals surface area contributed by atoms with Gasteiger partial charge >= 0.3 is 5.97 Å². The highest BCUT2D eigenvalue weighted by molar-refractivity contribution is 8.18. The van der Waals surface area contributed by atoms with Gasteiger partial charge in [-0.2, -0.15) is 0 Å². The summed E-state index contributed by atoms with van der Waals surface area (Å²) in [7, 11) is 0. The molecule has 1 aliphatic heterocycles. The van der Waals surface area contributed by atoms with Crippen molar-refractivity contribution in [1.82, 2.24) is 5.32 Å². The molecule has 2 aromatic rings. The second-order valence-corrected chi connectivity index (χ2v) is 8.18. The zero-order chi connectivity index (χ0) is 21.3. The summed E-state index contributed by atoms with van der Waals surface area (Å²) in [5, 5.41) is 12.5. The van der Waals surface area contributed by atoms with Crippen molar-refractivity contribution in [3.63, 3.8) is 0 Å². The smallest absolute Gasteiger partial charge is 0.303 e. The number of imide groups is 1. The van der Waals surface area contributed by atoms with E-state index in [0.29, 0.717) is 11.5 Å². The number of rotatable bonds is 11. The Morgan fingerprint density at radius 2 is 1.67 bits per heavy atom.